The number of aromatic nitrogens is 4. The minimum absolute atomic E-state index is 0.376. The Balaban J connectivity index is 1.15. The number of benzene rings is 2. The van der Waals surface area contributed by atoms with Gasteiger partial charge in [-0.05, 0) is 81.0 Å². The summed E-state index contributed by atoms with van der Waals surface area (Å²) in [6.07, 6.45) is 9.58. The van der Waals surface area contributed by atoms with Crippen LogP contribution in [-0.4, -0.2) is 26.5 Å². The first kappa shape index (κ1) is 20.1. The molecule has 1 saturated carbocycles. The van der Waals surface area contributed by atoms with Gasteiger partial charge in [-0.25, -0.2) is 9.97 Å². The minimum Gasteiger partial charge on any atom is -0.344 e. The van der Waals surface area contributed by atoms with Gasteiger partial charge in [-0.15, -0.1) is 0 Å². The lowest BCUT2D eigenvalue weighted by Gasteiger charge is -2.15. The van der Waals surface area contributed by atoms with Crippen LogP contribution in [0.15, 0.2) is 36.4 Å². The van der Waals surface area contributed by atoms with E-state index in [1.807, 2.05) is 0 Å². The predicted octanol–water partition coefficient (Wildman–Crippen LogP) is 5.53. The van der Waals surface area contributed by atoms with Crippen molar-refractivity contribution in [3.8, 4) is 23.1 Å². The van der Waals surface area contributed by atoms with E-state index >= 15 is 0 Å². The maximum atomic E-state index is 4.99. The van der Waals surface area contributed by atoms with Crippen molar-refractivity contribution in [3.63, 3.8) is 0 Å². The third-order valence-corrected chi connectivity index (χ3v) is 7.79. The molecule has 2 fully saturated rings. The number of aryl methyl sites for hydroxylation is 2. The molecule has 0 spiro atoms. The maximum Gasteiger partial charge on any atom is 0.124 e. The summed E-state index contributed by atoms with van der Waals surface area (Å²) in [5.74, 6) is 9.61. The molecule has 2 aromatic carbocycles. The molecule has 0 radical (unpaired) electrons. The smallest absolute Gasteiger partial charge is 0.124 e. The van der Waals surface area contributed by atoms with Gasteiger partial charge in [0.05, 0.1) is 22.8 Å². The minimum atomic E-state index is 0.376. The molecule has 3 aliphatic rings. The first-order valence-corrected chi connectivity index (χ1v) is 12.8. The van der Waals surface area contributed by atoms with Gasteiger partial charge in [0.2, 0.25) is 0 Å². The number of aromatic amines is 2. The number of hydrogen-bond acceptors (Lipinski definition) is 3. The van der Waals surface area contributed by atoms with E-state index in [1.54, 1.807) is 0 Å². The van der Waals surface area contributed by atoms with Crippen LogP contribution in [0.5, 0.6) is 0 Å². The molecular formula is C29H29N5. The van der Waals surface area contributed by atoms with Crippen LogP contribution in [-0.2, 0) is 12.8 Å². The second-order valence-corrected chi connectivity index (χ2v) is 10.1. The lowest BCUT2D eigenvalue weighted by atomic mass is 9.91. The van der Waals surface area contributed by atoms with Gasteiger partial charge < -0.3 is 15.3 Å². The normalized spacial score (nSPS) is 19.7. The Hall–Kier alpha value is -3.36. The number of nitrogens with zero attached hydrogens (tertiary/aromatic N) is 2. The molecule has 1 saturated heterocycles. The van der Waals surface area contributed by atoms with Gasteiger partial charge in [0.1, 0.15) is 11.6 Å². The number of nitrogens with one attached hydrogen (secondary N) is 3. The third kappa shape index (κ3) is 3.54. The number of rotatable bonds is 2. The summed E-state index contributed by atoms with van der Waals surface area (Å²) in [6, 6.07) is 13.3. The molecule has 3 heterocycles. The maximum absolute atomic E-state index is 4.99. The van der Waals surface area contributed by atoms with Gasteiger partial charge in [-0.2, -0.15) is 0 Å². The molecule has 3 N–H and O–H groups in total. The summed E-state index contributed by atoms with van der Waals surface area (Å²) < 4.78 is 0. The molecule has 5 nitrogen and oxygen atoms in total. The van der Waals surface area contributed by atoms with Crippen molar-refractivity contribution in [2.24, 2.45) is 0 Å². The van der Waals surface area contributed by atoms with Crippen LogP contribution < -0.4 is 5.32 Å². The largest absolute Gasteiger partial charge is 0.344 e. The zero-order valence-electron chi connectivity index (χ0n) is 19.4. The van der Waals surface area contributed by atoms with Gasteiger partial charge in [-0.3, -0.25) is 0 Å². The van der Waals surface area contributed by atoms with E-state index in [1.165, 1.54) is 55.3 Å². The van der Waals surface area contributed by atoms with Crippen molar-refractivity contribution in [3.05, 3.63) is 70.4 Å². The molecule has 1 aliphatic heterocycles. The molecule has 4 aromatic rings. The van der Waals surface area contributed by atoms with E-state index in [2.05, 4.69) is 63.5 Å². The molecule has 34 heavy (non-hydrogen) atoms. The van der Waals surface area contributed by atoms with Crippen molar-refractivity contribution >= 4 is 11.0 Å². The Morgan fingerprint density at radius 3 is 2.50 bits per heavy atom. The highest BCUT2D eigenvalue weighted by molar-refractivity contribution is 5.77. The van der Waals surface area contributed by atoms with Gasteiger partial charge in [0, 0.05) is 28.3 Å². The van der Waals surface area contributed by atoms with Gasteiger partial charge in [-0.1, -0.05) is 30.7 Å². The average molecular weight is 448 g/mol. The molecule has 0 bridgehead atoms. The van der Waals surface area contributed by atoms with Gasteiger partial charge in [0.25, 0.3) is 0 Å². The van der Waals surface area contributed by atoms with Crippen molar-refractivity contribution in [1.82, 2.24) is 25.3 Å². The number of fused-ring (bicyclic) bond motifs is 4. The van der Waals surface area contributed by atoms with Gasteiger partial charge in [0.15, 0.2) is 0 Å². The van der Waals surface area contributed by atoms with E-state index in [0.29, 0.717) is 12.0 Å². The fraction of sp³-hybridized carbons (Fsp3) is 0.379. The summed E-state index contributed by atoms with van der Waals surface area (Å²) in [7, 11) is 0. The van der Waals surface area contributed by atoms with Crippen LogP contribution >= 0.6 is 0 Å². The van der Waals surface area contributed by atoms with E-state index in [9.17, 15) is 0 Å². The first-order valence-electron chi connectivity index (χ1n) is 12.8. The fourth-order valence-electron chi connectivity index (χ4n) is 5.93. The quantitative estimate of drug-likeness (QED) is 0.354. The number of hydrogen-bond donors (Lipinski definition) is 3. The molecule has 2 aromatic heterocycles. The van der Waals surface area contributed by atoms with Crippen LogP contribution in [0.3, 0.4) is 0 Å². The van der Waals surface area contributed by atoms with E-state index < -0.39 is 0 Å². The lowest BCUT2D eigenvalue weighted by Crippen LogP contribution is -2.14. The zero-order chi connectivity index (χ0) is 22.5. The summed E-state index contributed by atoms with van der Waals surface area (Å²) in [5, 5.41) is 3.56. The standard InChI is InChI=1S/C29H29N5/c1-2-5-20(4-1)28-31-23-13-10-19(17-26(23)33-28)8-7-18-9-12-22-21(16-18)11-14-24-27(22)34-29(32-24)25-6-3-15-30-25/h9-10,12-13,16-17,20,25,30H,1-6,11,14-15H2,(H,31,33)(H,32,34)/t25-/m0/s1. The second-order valence-electron chi connectivity index (χ2n) is 10.1. The fourth-order valence-corrected chi connectivity index (χ4v) is 5.93. The van der Waals surface area contributed by atoms with Gasteiger partial charge >= 0.3 is 0 Å². The predicted molar refractivity (Wildman–Crippen MR) is 135 cm³/mol. The molecule has 0 unspecified atom stereocenters. The number of H-pyrrole nitrogens is 2. The summed E-state index contributed by atoms with van der Waals surface area (Å²) in [5.41, 5.74) is 9.24. The molecule has 5 heteroatoms. The Bertz CT molecular complexity index is 1430. The summed E-state index contributed by atoms with van der Waals surface area (Å²) in [6.45, 7) is 1.09. The topological polar surface area (TPSA) is 69.4 Å². The SMILES string of the molecule is C(#Cc1ccc2nc(C3CCCC3)[nH]c2c1)c1ccc2c(c1)CCc1[nH]c([C@@H]3CCCN3)nc1-2. The van der Waals surface area contributed by atoms with E-state index in [4.69, 9.17) is 9.97 Å². The first-order chi connectivity index (χ1) is 16.8. The third-order valence-electron chi connectivity index (χ3n) is 7.79. The van der Waals surface area contributed by atoms with Crippen LogP contribution in [0.2, 0.25) is 0 Å². The van der Waals surface area contributed by atoms with E-state index in [-0.39, 0.29) is 0 Å². The molecule has 1 atom stereocenters. The highest BCUT2D eigenvalue weighted by Crippen LogP contribution is 2.35. The van der Waals surface area contributed by atoms with Crippen LogP contribution in [0.1, 0.15) is 84.5 Å². The lowest BCUT2D eigenvalue weighted by molar-refractivity contribution is 0.611. The highest BCUT2D eigenvalue weighted by Gasteiger charge is 2.25. The molecule has 7 rings (SSSR count). The second kappa shape index (κ2) is 8.14. The zero-order valence-corrected chi connectivity index (χ0v) is 19.4. The van der Waals surface area contributed by atoms with Crippen molar-refractivity contribution in [1.29, 1.82) is 0 Å². The Morgan fingerprint density at radius 2 is 1.65 bits per heavy atom. The molecular weight excluding hydrogens is 418 g/mol. The van der Waals surface area contributed by atoms with Crippen LogP contribution in [0.25, 0.3) is 22.3 Å². The summed E-state index contributed by atoms with van der Waals surface area (Å²) >= 11 is 0. The highest BCUT2D eigenvalue weighted by atomic mass is 15.0. The Morgan fingerprint density at radius 1 is 0.794 bits per heavy atom. The summed E-state index contributed by atoms with van der Waals surface area (Å²) in [4.78, 5) is 17.0. The Labute approximate surface area is 199 Å². The van der Waals surface area contributed by atoms with Crippen molar-refractivity contribution < 1.29 is 0 Å². The van der Waals surface area contributed by atoms with E-state index in [0.717, 1.165) is 58.9 Å². The van der Waals surface area contributed by atoms with Crippen molar-refractivity contribution in [2.75, 3.05) is 6.54 Å². The van der Waals surface area contributed by atoms with Crippen molar-refractivity contribution in [2.45, 2.75) is 63.3 Å². The Kier molecular flexibility index (Phi) is 4.80. The monoisotopic (exact) mass is 447 g/mol. The molecule has 170 valence electrons. The van der Waals surface area contributed by atoms with Crippen LogP contribution in [0.4, 0.5) is 0 Å². The number of imidazole rings is 2. The molecule has 2 aliphatic carbocycles. The average Bonchev–Trinajstić information content (AvgIpc) is 3.67. The van der Waals surface area contributed by atoms with Crippen LogP contribution in [0, 0.1) is 11.8 Å². The molecule has 0 amide bonds.